The van der Waals surface area contributed by atoms with Crippen LogP contribution in [0.5, 0.6) is 0 Å². The molecule has 0 radical (unpaired) electrons. The summed E-state index contributed by atoms with van der Waals surface area (Å²) in [4.78, 5) is 8.75. The molecule has 1 N–H and O–H groups in total. The van der Waals surface area contributed by atoms with Crippen LogP contribution in [0.1, 0.15) is 49.0 Å². The van der Waals surface area contributed by atoms with Crippen LogP contribution >= 0.6 is 11.3 Å². The highest BCUT2D eigenvalue weighted by molar-refractivity contribution is 7.89. The molecule has 0 bridgehead atoms. The van der Waals surface area contributed by atoms with Gasteiger partial charge in [0.1, 0.15) is 0 Å². The largest absolute Gasteiger partial charge is 0.361 e. The summed E-state index contributed by atoms with van der Waals surface area (Å²) in [6, 6.07) is 11.3. The number of rotatable bonds is 6. The van der Waals surface area contributed by atoms with Gasteiger partial charge in [-0.05, 0) is 87.0 Å². The van der Waals surface area contributed by atoms with Gasteiger partial charge in [-0.15, -0.1) is 11.3 Å². The highest BCUT2D eigenvalue weighted by atomic mass is 32.2. The van der Waals surface area contributed by atoms with Crippen LogP contribution in [0.25, 0.3) is 21.3 Å². The first-order valence-electron chi connectivity index (χ1n) is 11.4. The van der Waals surface area contributed by atoms with Crippen molar-refractivity contribution in [3.8, 4) is 10.4 Å². The fraction of sp³-hybridized carbons (Fsp3) is 0.500. The zero-order valence-corrected chi connectivity index (χ0v) is 19.8. The first kappa shape index (κ1) is 21.2. The fourth-order valence-corrected chi connectivity index (χ4v) is 7.22. The number of thiophene rings is 1. The second-order valence-electron chi connectivity index (χ2n) is 8.83. The van der Waals surface area contributed by atoms with Gasteiger partial charge in [0.25, 0.3) is 0 Å². The maximum absolute atomic E-state index is 12.2. The van der Waals surface area contributed by atoms with Crippen LogP contribution in [0.4, 0.5) is 0 Å². The van der Waals surface area contributed by atoms with E-state index in [9.17, 15) is 8.42 Å². The van der Waals surface area contributed by atoms with E-state index in [1.165, 1.54) is 52.2 Å². The zero-order chi connectivity index (χ0) is 21.4. The third-order valence-electron chi connectivity index (χ3n) is 6.89. The number of benzene rings is 1. The quantitative estimate of drug-likeness (QED) is 0.565. The van der Waals surface area contributed by atoms with Crippen molar-refractivity contribution >= 4 is 32.3 Å². The number of H-pyrrole nitrogens is 1. The van der Waals surface area contributed by atoms with Crippen LogP contribution in [0.3, 0.4) is 0 Å². The number of aromatic nitrogens is 1. The minimum atomic E-state index is -3.08. The summed E-state index contributed by atoms with van der Waals surface area (Å²) in [6.07, 6.45) is 6.56. The lowest BCUT2D eigenvalue weighted by Gasteiger charge is -2.30. The van der Waals surface area contributed by atoms with Crippen molar-refractivity contribution in [2.45, 2.75) is 45.1 Å². The molecule has 0 amide bonds. The van der Waals surface area contributed by atoms with Crippen molar-refractivity contribution in [2.24, 2.45) is 0 Å². The Bertz CT molecular complexity index is 1150. The molecule has 5 nitrogen and oxygen atoms in total. The SMILES string of the molecule is CCS(=O)(=O)N1CCC(c2c[nH]c3ccc(-c4ccc(CN5CCCC5)s4)cc23)CC1. The number of hydrogen-bond donors (Lipinski definition) is 1. The number of nitrogens with zero attached hydrogens (tertiary/aromatic N) is 2. The molecule has 2 fully saturated rings. The summed E-state index contributed by atoms with van der Waals surface area (Å²) < 4.78 is 26.0. The van der Waals surface area contributed by atoms with Gasteiger partial charge in [-0.2, -0.15) is 0 Å². The molecule has 0 unspecified atom stereocenters. The van der Waals surface area contributed by atoms with Gasteiger partial charge in [0.15, 0.2) is 0 Å². The lowest BCUT2D eigenvalue weighted by atomic mass is 9.89. The Morgan fingerprint density at radius 3 is 2.58 bits per heavy atom. The Balaban J connectivity index is 1.35. The summed E-state index contributed by atoms with van der Waals surface area (Å²) in [5.41, 5.74) is 3.77. The number of likely N-dealkylation sites (tertiary alicyclic amines) is 1. The van der Waals surface area contributed by atoms with Crippen molar-refractivity contribution in [3.63, 3.8) is 0 Å². The molecular weight excluding hydrogens is 426 g/mol. The highest BCUT2D eigenvalue weighted by Crippen LogP contribution is 2.37. The summed E-state index contributed by atoms with van der Waals surface area (Å²) in [5, 5.41) is 1.28. The molecule has 7 heteroatoms. The summed E-state index contributed by atoms with van der Waals surface area (Å²) in [7, 11) is -3.08. The maximum atomic E-state index is 12.2. The number of aromatic amines is 1. The molecule has 0 spiro atoms. The van der Waals surface area contributed by atoms with Crippen molar-refractivity contribution in [2.75, 3.05) is 31.9 Å². The molecule has 0 atom stereocenters. The third-order valence-corrected chi connectivity index (χ3v) is 9.89. The van der Waals surface area contributed by atoms with Gasteiger partial charge in [0, 0.05) is 46.5 Å². The Morgan fingerprint density at radius 1 is 1.06 bits per heavy atom. The topological polar surface area (TPSA) is 56.4 Å². The molecule has 5 rings (SSSR count). The molecule has 2 aliphatic rings. The maximum Gasteiger partial charge on any atom is 0.213 e. The van der Waals surface area contributed by atoms with Gasteiger partial charge in [-0.1, -0.05) is 6.07 Å². The molecular formula is C24H31N3O2S2. The Labute approximate surface area is 189 Å². The lowest BCUT2D eigenvalue weighted by Crippen LogP contribution is -2.38. The van der Waals surface area contributed by atoms with Crippen LogP contribution in [-0.2, 0) is 16.6 Å². The number of nitrogens with one attached hydrogen (secondary N) is 1. The smallest absolute Gasteiger partial charge is 0.213 e. The minimum absolute atomic E-state index is 0.189. The summed E-state index contributed by atoms with van der Waals surface area (Å²) in [6.45, 7) is 6.50. The molecule has 1 aromatic carbocycles. The summed E-state index contributed by atoms with van der Waals surface area (Å²) >= 11 is 1.91. The van der Waals surface area contributed by atoms with E-state index in [0.29, 0.717) is 19.0 Å². The van der Waals surface area contributed by atoms with Gasteiger partial charge in [0.2, 0.25) is 10.0 Å². The van der Waals surface area contributed by atoms with Crippen molar-refractivity contribution in [3.05, 3.63) is 47.0 Å². The molecule has 31 heavy (non-hydrogen) atoms. The molecule has 4 heterocycles. The minimum Gasteiger partial charge on any atom is -0.361 e. The van der Waals surface area contributed by atoms with E-state index in [2.05, 4.69) is 46.4 Å². The normalized spacial score (nSPS) is 19.5. The fourth-order valence-electron chi connectivity index (χ4n) is 5.04. The van der Waals surface area contributed by atoms with E-state index < -0.39 is 10.0 Å². The van der Waals surface area contributed by atoms with Crippen LogP contribution < -0.4 is 0 Å². The standard InChI is InChI=1S/C24H31N3O2S2/c1-2-31(28,29)27-13-9-18(10-14-27)22-16-25-23-7-5-19(15-21(22)23)24-8-6-20(30-24)17-26-11-3-4-12-26/h5-8,15-16,18,25H,2-4,9-14,17H2,1H3. The number of hydrogen-bond acceptors (Lipinski definition) is 4. The number of fused-ring (bicyclic) bond motifs is 1. The lowest BCUT2D eigenvalue weighted by molar-refractivity contribution is 0.321. The van der Waals surface area contributed by atoms with E-state index in [0.717, 1.165) is 24.9 Å². The second kappa shape index (κ2) is 8.70. The van der Waals surface area contributed by atoms with Crippen LogP contribution in [0.15, 0.2) is 36.5 Å². The van der Waals surface area contributed by atoms with Crippen molar-refractivity contribution in [1.82, 2.24) is 14.2 Å². The molecule has 2 aliphatic heterocycles. The predicted molar refractivity (Wildman–Crippen MR) is 129 cm³/mol. The first-order valence-corrected chi connectivity index (χ1v) is 13.9. The van der Waals surface area contributed by atoms with Gasteiger partial charge in [-0.3, -0.25) is 4.90 Å². The predicted octanol–water partition coefficient (Wildman–Crippen LogP) is 5.02. The Morgan fingerprint density at radius 2 is 1.84 bits per heavy atom. The molecule has 0 aliphatic carbocycles. The van der Waals surface area contributed by atoms with E-state index in [1.807, 2.05) is 11.3 Å². The van der Waals surface area contributed by atoms with Crippen LogP contribution in [0, 0.1) is 0 Å². The van der Waals surface area contributed by atoms with Crippen LogP contribution in [0.2, 0.25) is 0 Å². The third kappa shape index (κ3) is 4.33. The van der Waals surface area contributed by atoms with Crippen LogP contribution in [-0.4, -0.2) is 54.5 Å². The van der Waals surface area contributed by atoms with Crippen molar-refractivity contribution < 1.29 is 8.42 Å². The van der Waals surface area contributed by atoms with Gasteiger partial charge in [-0.25, -0.2) is 12.7 Å². The molecule has 2 saturated heterocycles. The Hall–Kier alpha value is -1.67. The average Bonchev–Trinajstić information content (AvgIpc) is 3.55. The first-order chi connectivity index (χ1) is 15.0. The van der Waals surface area contributed by atoms with Crippen molar-refractivity contribution in [1.29, 1.82) is 0 Å². The van der Waals surface area contributed by atoms with E-state index >= 15 is 0 Å². The number of sulfonamides is 1. The van der Waals surface area contributed by atoms with Gasteiger partial charge < -0.3 is 4.98 Å². The average molecular weight is 458 g/mol. The molecule has 166 valence electrons. The second-order valence-corrected chi connectivity index (χ2v) is 12.3. The van der Waals surface area contributed by atoms with Gasteiger partial charge in [0.05, 0.1) is 5.75 Å². The van der Waals surface area contributed by atoms with E-state index in [-0.39, 0.29) is 5.75 Å². The molecule has 0 saturated carbocycles. The van der Waals surface area contributed by atoms with E-state index in [4.69, 9.17) is 0 Å². The van der Waals surface area contributed by atoms with Gasteiger partial charge >= 0.3 is 0 Å². The molecule has 3 aromatic rings. The number of piperidine rings is 1. The monoisotopic (exact) mass is 457 g/mol. The summed E-state index contributed by atoms with van der Waals surface area (Å²) in [5.74, 6) is 0.593. The zero-order valence-electron chi connectivity index (χ0n) is 18.1. The van der Waals surface area contributed by atoms with E-state index in [1.54, 1.807) is 11.2 Å². The molecule has 2 aromatic heterocycles. The highest BCUT2D eigenvalue weighted by Gasteiger charge is 2.28. The Kier molecular flexibility index (Phi) is 5.94.